The summed E-state index contributed by atoms with van der Waals surface area (Å²) in [6.07, 6.45) is 6.72. The molecule has 0 bridgehead atoms. The van der Waals surface area contributed by atoms with E-state index >= 15 is 0 Å². The first-order valence-corrected chi connectivity index (χ1v) is 14.3. The van der Waals surface area contributed by atoms with Crippen molar-refractivity contribution in [3.8, 4) is 11.4 Å². The Kier molecular flexibility index (Phi) is 8.58. The van der Waals surface area contributed by atoms with Gasteiger partial charge in [0.15, 0.2) is 0 Å². The van der Waals surface area contributed by atoms with E-state index in [0.717, 1.165) is 27.7 Å². The molecule has 0 saturated heterocycles. The molecule has 0 aliphatic carbocycles. The summed E-state index contributed by atoms with van der Waals surface area (Å²) in [5.41, 5.74) is 7.20. The number of allylic oxidation sites excluding steroid dienone is 1. The number of benzene rings is 4. The Bertz CT molecular complexity index is 1770. The average Bonchev–Trinajstić information content (AvgIpc) is 3.39. The Labute approximate surface area is 247 Å². The highest BCUT2D eigenvalue weighted by Crippen LogP contribution is 2.27. The molecule has 0 radical (unpaired) electrons. The number of rotatable bonds is 8. The van der Waals surface area contributed by atoms with Crippen molar-refractivity contribution in [2.24, 2.45) is 0 Å². The number of aromatic nitrogens is 2. The van der Waals surface area contributed by atoms with Crippen molar-refractivity contribution in [1.29, 1.82) is 0 Å². The van der Waals surface area contributed by atoms with Gasteiger partial charge in [0.2, 0.25) is 5.91 Å². The van der Waals surface area contributed by atoms with Crippen LogP contribution in [0.2, 0.25) is 0 Å². The lowest BCUT2D eigenvalue weighted by molar-refractivity contribution is -0.111. The first-order chi connectivity index (χ1) is 20.3. The number of para-hydroxylation sites is 2. The second-order valence-corrected chi connectivity index (χ2v) is 11.0. The van der Waals surface area contributed by atoms with E-state index < -0.39 is 0 Å². The summed E-state index contributed by atoms with van der Waals surface area (Å²) in [7, 11) is 0. The van der Waals surface area contributed by atoms with Crippen molar-refractivity contribution in [2.45, 2.75) is 39.5 Å². The summed E-state index contributed by atoms with van der Waals surface area (Å²) in [6.45, 7) is 8.62. The Morgan fingerprint density at radius 3 is 1.93 bits per heavy atom. The van der Waals surface area contributed by atoms with Gasteiger partial charge < -0.3 is 5.32 Å². The van der Waals surface area contributed by atoms with Crippen LogP contribution in [0.3, 0.4) is 0 Å². The van der Waals surface area contributed by atoms with Crippen LogP contribution in [0.15, 0.2) is 109 Å². The molecule has 1 N–H and O–H groups in total. The van der Waals surface area contributed by atoms with Crippen molar-refractivity contribution in [3.63, 3.8) is 0 Å². The van der Waals surface area contributed by atoms with Crippen LogP contribution in [-0.4, -0.2) is 21.4 Å². The van der Waals surface area contributed by atoms with E-state index in [-0.39, 0.29) is 11.8 Å². The molecule has 5 aromatic rings. The molecular formula is C37H35N3O2. The number of fused-ring (bicyclic) bond motifs is 1. The Hall–Kier alpha value is -5.03. The summed E-state index contributed by atoms with van der Waals surface area (Å²) >= 11 is 0. The molecule has 5 rings (SSSR count). The minimum absolute atomic E-state index is 0.201. The highest BCUT2D eigenvalue weighted by molar-refractivity contribution is 6.04. The van der Waals surface area contributed by atoms with Gasteiger partial charge in [-0.2, -0.15) is 0 Å². The molecule has 42 heavy (non-hydrogen) atoms. The van der Waals surface area contributed by atoms with Crippen LogP contribution in [0.1, 0.15) is 66.6 Å². The highest BCUT2D eigenvalue weighted by Gasteiger charge is 2.17. The van der Waals surface area contributed by atoms with E-state index in [2.05, 4.69) is 57.3 Å². The molecule has 4 aromatic carbocycles. The number of amides is 1. The van der Waals surface area contributed by atoms with Gasteiger partial charge >= 0.3 is 0 Å². The number of hydrogen-bond acceptors (Lipinski definition) is 3. The van der Waals surface area contributed by atoms with Gasteiger partial charge in [0.1, 0.15) is 5.82 Å². The second kappa shape index (κ2) is 12.6. The quantitative estimate of drug-likeness (QED) is 0.195. The van der Waals surface area contributed by atoms with Crippen molar-refractivity contribution >= 4 is 40.7 Å². The zero-order valence-corrected chi connectivity index (χ0v) is 24.4. The monoisotopic (exact) mass is 553 g/mol. The molecular weight excluding hydrogens is 518 g/mol. The summed E-state index contributed by atoms with van der Waals surface area (Å²) in [4.78, 5) is 31.1. The topological polar surface area (TPSA) is 64.0 Å². The largest absolute Gasteiger partial charge is 0.322 e. The summed E-state index contributed by atoms with van der Waals surface area (Å²) in [5.74, 6) is 0.976. The molecule has 0 unspecified atom stereocenters. The Morgan fingerprint density at radius 2 is 1.31 bits per heavy atom. The van der Waals surface area contributed by atoms with Crippen LogP contribution in [0, 0.1) is 0 Å². The van der Waals surface area contributed by atoms with Crippen molar-refractivity contribution in [2.75, 3.05) is 5.32 Å². The van der Waals surface area contributed by atoms with Gasteiger partial charge in [-0.25, -0.2) is 4.98 Å². The van der Waals surface area contributed by atoms with Crippen LogP contribution in [-0.2, 0) is 4.79 Å². The van der Waals surface area contributed by atoms with Crippen LogP contribution in [0.4, 0.5) is 5.69 Å². The number of carbonyl (C=O) groups excluding carboxylic acids is 2. The lowest BCUT2D eigenvalue weighted by Crippen LogP contribution is -2.10. The molecule has 0 saturated carbocycles. The number of hydrogen-bond donors (Lipinski definition) is 1. The standard InChI is InChI=1S/C37H35N3O2/c1-25(2)29-18-12-27(13-19-29)16-22-35(41)38-32-9-7-8-31(24-32)37-39-33-10-5-6-11-34(33)40(37)36(42)23-17-28-14-20-30(21-15-28)26(3)4/h5-26H,1-4H3,(H,38,41). The Balaban J connectivity index is 1.38. The third-order valence-electron chi connectivity index (χ3n) is 7.22. The van der Waals surface area contributed by atoms with E-state index in [0.29, 0.717) is 23.3 Å². The first-order valence-electron chi connectivity index (χ1n) is 14.3. The van der Waals surface area contributed by atoms with Crippen molar-refractivity contribution in [1.82, 2.24) is 9.55 Å². The lowest BCUT2D eigenvalue weighted by atomic mass is 10.0. The van der Waals surface area contributed by atoms with E-state index in [1.165, 1.54) is 17.2 Å². The lowest BCUT2D eigenvalue weighted by Gasteiger charge is -2.08. The zero-order valence-electron chi connectivity index (χ0n) is 24.4. The molecule has 0 aliphatic heterocycles. The number of nitrogens with zero attached hydrogens (tertiary/aromatic N) is 2. The van der Waals surface area contributed by atoms with Crippen molar-refractivity contribution < 1.29 is 9.59 Å². The van der Waals surface area contributed by atoms with Gasteiger partial charge in [-0.15, -0.1) is 0 Å². The maximum absolute atomic E-state index is 13.6. The fraction of sp³-hybridized carbons (Fsp3) is 0.162. The van der Waals surface area contributed by atoms with Gasteiger partial charge in [-0.05, 0) is 70.5 Å². The molecule has 1 heterocycles. The summed E-state index contributed by atoms with van der Waals surface area (Å²) in [6, 6.07) is 31.4. The number of imidazole rings is 1. The number of anilines is 1. The summed E-state index contributed by atoms with van der Waals surface area (Å²) in [5, 5.41) is 2.93. The average molecular weight is 554 g/mol. The summed E-state index contributed by atoms with van der Waals surface area (Å²) < 4.78 is 1.62. The molecule has 0 atom stereocenters. The van der Waals surface area contributed by atoms with Gasteiger partial charge in [0.05, 0.1) is 11.0 Å². The maximum atomic E-state index is 13.6. The highest BCUT2D eigenvalue weighted by atomic mass is 16.2. The fourth-order valence-electron chi connectivity index (χ4n) is 4.76. The van der Waals surface area contributed by atoms with Gasteiger partial charge in [-0.1, -0.05) is 100 Å². The number of carbonyl (C=O) groups is 2. The third-order valence-corrected chi connectivity index (χ3v) is 7.22. The van der Waals surface area contributed by atoms with Crippen molar-refractivity contribution in [3.05, 3.63) is 131 Å². The van der Waals surface area contributed by atoms with Crippen LogP contribution < -0.4 is 5.32 Å². The minimum atomic E-state index is -0.240. The predicted octanol–water partition coefficient (Wildman–Crippen LogP) is 8.96. The maximum Gasteiger partial charge on any atom is 0.256 e. The predicted molar refractivity (Wildman–Crippen MR) is 174 cm³/mol. The van der Waals surface area contributed by atoms with E-state index in [9.17, 15) is 9.59 Å². The third kappa shape index (κ3) is 6.64. The van der Waals surface area contributed by atoms with Gasteiger partial charge in [-0.3, -0.25) is 14.2 Å². The van der Waals surface area contributed by atoms with Crippen LogP contribution >= 0.6 is 0 Å². The van der Waals surface area contributed by atoms with E-state index in [1.54, 1.807) is 16.7 Å². The fourth-order valence-corrected chi connectivity index (χ4v) is 4.76. The van der Waals surface area contributed by atoms with Crippen LogP contribution in [0.25, 0.3) is 34.6 Å². The molecule has 1 aromatic heterocycles. The molecule has 210 valence electrons. The van der Waals surface area contributed by atoms with Gasteiger partial charge in [0.25, 0.3) is 5.91 Å². The van der Waals surface area contributed by atoms with E-state index in [4.69, 9.17) is 4.98 Å². The van der Waals surface area contributed by atoms with Gasteiger partial charge in [0, 0.05) is 23.4 Å². The second-order valence-electron chi connectivity index (χ2n) is 11.0. The Morgan fingerprint density at radius 1 is 0.714 bits per heavy atom. The molecule has 0 fully saturated rings. The SMILES string of the molecule is CC(C)c1ccc(C=CC(=O)Nc2cccc(-c3nc4ccccc4n3C(=O)C=Cc3ccc(C(C)C)cc3)c2)cc1. The zero-order chi connectivity index (χ0) is 29.6. The smallest absolute Gasteiger partial charge is 0.256 e. The molecule has 0 spiro atoms. The number of nitrogens with one attached hydrogen (secondary N) is 1. The minimum Gasteiger partial charge on any atom is -0.322 e. The first kappa shape index (κ1) is 28.5. The molecule has 5 nitrogen and oxygen atoms in total. The molecule has 0 aliphatic rings. The van der Waals surface area contributed by atoms with E-state index in [1.807, 2.05) is 78.9 Å². The molecule has 1 amide bonds. The normalized spacial score (nSPS) is 11.8. The van der Waals surface area contributed by atoms with Crippen LogP contribution in [0.5, 0.6) is 0 Å². The molecule has 5 heteroatoms.